The number of rotatable bonds is 7. The summed E-state index contributed by atoms with van der Waals surface area (Å²) in [7, 11) is 3.80. The highest BCUT2D eigenvalue weighted by atomic mass is 16.3. The Kier molecular flexibility index (Phi) is 4.75. The molecule has 0 amide bonds. The lowest BCUT2D eigenvalue weighted by Crippen LogP contribution is -2.17. The van der Waals surface area contributed by atoms with E-state index in [4.69, 9.17) is 4.42 Å². The van der Waals surface area contributed by atoms with E-state index in [0.29, 0.717) is 24.4 Å². The molecule has 0 aliphatic rings. The fourth-order valence-electron chi connectivity index (χ4n) is 1.54. The van der Waals surface area contributed by atoms with Crippen molar-refractivity contribution in [2.45, 2.75) is 19.9 Å². The molecule has 0 bridgehead atoms. The Morgan fingerprint density at radius 3 is 2.50 bits per heavy atom. The van der Waals surface area contributed by atoms with E-state index < -0.39 is 0 Å². The summed E-state index contributed by atoms with van der Waals surface area (Å²) in [5.41, 5.74) is 0. The molecule has 0 fully saturated rings. The van der Waals surface area contributed by atoms with Gasteiger partial charge in [-0.3, -0.25) is 0 Å². The number of hydrogen-bond acceptors (Lipinski definition) is 7. The lowest BCUT2D eigenvalue weighted by molar-refractivity contribution is 0.517. The molecule has 7 nitrogen and oxygen atoms in total. The van der Waals surface area contributed by atoms with Crippen molar-refractivity contribution in [2.75, 3.05) is 36.2 Å². The Morgan fingerprint density at radius 2 is 1.90 bits per heavy atom. The van der Waals surface area contributed by atoms with Gasteiger partial charge in [0.05, 0.1) is 12.8 Å². The third kappa shape index (κ3) is 3.84. The Bertz CT molecular complexity index is 526. The van der Waals surface area contributed by atoms with Gasteiger partial charge in [-0.1, -0.05) is 6.92 Å². The molecule has 7 heteroatoms. The molecule has 0 saturated carbocycles. The molecule has 0 radical (unpaired) electrons. The van der Waals surface area contributed by atoms with Crippen LogP contribution in [0.5, 0.6) is 0 Å². The molecule has 2 N–H and O–H groups in total. The van der Waals surface area contributed by atoms with Crippen LogP contribution in [0.25, 0.3) is 0 Å². The summed E-state index contributed by atoms with van der Waals surface area (Å²) in [4.78, 5) is 14.9. The number of hydrogen-bond donors (Lipinski definition) is 2. The Balaban J connectivity index is 2.11. The third-order valence-electron chi connectivity index (χ3n) is 2.56. The SMILES string of the molecule is CCCNc1nc(NCc2ccco2)nc(N(C)C)n1. The maximum absolute atomic E-state index is 5.27. The molecule has 2 aromatic rings. The van der Waals surface area contributed by atoms with E-state index in [-0.39, 0.29) is 0 Å². The van der Waals surface area contributed by atoms with Gasteiger partial charge >= 0.3 is 0 Å². The molecule has 2 heterocycles. The average molecular weight is 276 g/mol. The van der Waals surface area contributed by atoms with Gasteiger partial charge in [-0.2, -0.15) is 15.0 Å². The normalized spacial score (nSPS) is 10.3. The molecule has 108 valence electrons. The fourth-order valence-corrected chi connectivity index (χ4v) is 1.54. The van der Waals surface area contributed by atoms with Crippen LogP contribution >= 0.6 is 0 Å². The van der Waals surface area contributed by atoms with Gasteiger partial charge < -0.3 is 20.0 Å². The van der Waals surface area contributed by atoms with Crippen LogP contribution in [0, 0.1) is 0 Å². The van der Waals surface area contributed by atoms with E-state index in [1.807, 2.05) is 31.1 Å². The van der Waals surface area contributed by atoms with Crippen molar-refractivity contribution < 1.29 is 4.42 Å². The van der Waals surface area contributed by atoms with E-state index in [1.54, 1.807) is 6.26 Å². The van der Waals surface area contributed by atoms with E-state index in [0.717, 1.165) is 18.7 Å². The van der Waals surface area contributed by atoms with Gasteiger partial charge in [0, 0.05) is 20.6 Å². The van der Waals surface area contributed by atoms with Crippen molar-refractivity contribution in [3.05, 3.63) is 24.2 Å². The van der Waals surface area contributed by atoms with E-state index in [1.165, 1.54) is 0 Å². The van der Waals surface area contributed by atoms with Crippen LogP contribution in [0.4, 0.5) is 17.8 Å². The van der Waals surface area contributed by atoms with Gasteiger partial charge in [0.2, 0.25) is 17.8 Å². The predicted octanol–water partition coefficient (Wildman–Crippen LogP) is 1.96. The van der Waals surface area contributed by atoms with Gasteiger partial charge in [0.25, 0.3) is 0 Å². The van der Waals surface area contributed by atoms with Gasteiger partial charge in [-0.05, 0) is 18.6 Å². The highest BCUT2D eigenvalue weighted by Crippen LogP contribution is 2.12. The van der Waals surface area contributed by atoms with Crippen molar-refractivity contribution in [1.82, 2.24) is 15.0 Å². The minimum absolute atomic E-state index is 0.527. The molecular weight excluding hydrogens is 256 g/mol. The highest BCUT2D eigenvalue weighted by Gasteiger charge is 2.08. The van der Waals surface area contributed by atoms with E-state index in [9.17, 15) is 0 Å². The third-order valence-corrected chi connectivity index (χ3v) is 2.56. The number of anilines is 3. The smallest absolute Gasteiger partial charge is 0.231 e. The van der Waals surface area contributed by atoms with Gasteiger partial charge in [0.1, 0.15) is 5.76 Å². The minimum Gasteiger partial charge on any atom is -0.467 e. The summed E-state index contributed by atoms with van der Waals surface area (Å²) in [6.45, 7) is 3.46. The molecule has 0 unspecified atom stereocenters. The molecule has 0 aromatic carbocycles. The first-order chi connectivity index (χ1) is 9.69. The number of nitrogens with one attached hydrogen (secondary N) is 2. The largest absolute Gasteiger partial charge is 0.467 e. The zero-order valence-electron chi connectivity index (χ0n) is 12.1. The first-order valence-electron chi connectivity index (χ1n) is 6.62. The summed E-state index contributed by atoms with van der Waals surface area (Å²) in [6, 6.07) is 3.75. The lowest BCUT2D eigenvalue weighted by Gasteiger charge is -2.13. The van der Waals surface area contributed by atoms with Crippen molar-refractivity contribution in [3.8, 4) is 0 Å². The van der Waals surface area contributed by atoms with Gasteiger partial charge in [0.15, 0.2) is 0 Å². The average Bonchev–Trinajstić information content (AvgIpc) is 2.96. The second-order valence-electron chi connectivity index (χ2n) is 4.54. The van der Waals surface area contributed by atoms with E-state index >= 15 is 0 Å². The molecule has 2 rings (SSSR count). The van der Waals surface area contributed by atoms with Gasteiger partial charge in [-0.25, -0.2) is 0 Å². The summed E-state index contributed by atoms with van der Waals surface area (Å²) in [5.74, 6) is 2.55. The molecule has 20 heavy (non-hydrogen) atoms. The standard InChI is InChI=1S/C13H20N6O/c1-4-7-14-11-16-12(18-13(17-11)19(2)3)15-9-10-6-5-8-20-10/h5-6,8H,4,7,9H2,1-3H3,(H2,14,15,16,17,18). The minimum atomic E-state index is 0.527. The molecule has 0 atom stereocenters. The van der Waals surface area contributed by atoms with Crippen LogP contribution < -0.4 is 15.5 Å². The Morgan fingerprint density at radius 1 is 1.15 bits per heavy atom. The van der Waals surface area contributed by atoms with Crippen LogP contribution in [0.1, 0.15) is 19.1 Å². The van der Waals surface area contributed by atoms with Crippen LogP contribution in [0.3, 0.4) is 0 Å². The molecule has 0 spiro atoms. The number of nitrogens with zero attached hydrogens (tertiary/aromatic N) is 4. The van der Waals surface area contributed by atoms with Crippen molar-refractivity contribution >= 4 is 17.8 Å². The maximum Gasteiger partial charge on any atom is 0.231 e. The molecule has 0 aliphatic carbocycles. The zero-order chi connectivity index (χ0) is 14.4. The summed E-state index contributed by atoms with van der Waals surface area (Å²) >= 11 is 0. The number of aromatic nitrogens is 3. The highest BCUT2D eigenvalue weighted by molar-refractivity contribution is 5.43. The summed E-state index contributed by atoms with van der Waals surface area (Å²) in [6.07, 6.45) is 2.65. The monoisotopic (exact) mass is 276 g/mol. The van der Waals surface area contributed by atoms with Crippen LogP contribution in [-0.2, 0) is 6.54 Å². The molecule has 2 aromatic heterocycles. The first-order valence-corrected chi connectivity index (χ1v) is 6.62. The second kappa shape index (κ2) is 6.74. The number of furan rings is 1. The van der Waals surface area contributed by atoms with Gasteiger partial charge in [-0.15, -0.1) is 0 Å². The van der Waals surface area contributed by atoms with Crippen molar-refractivity contribution in [1.29, 1.82) is 0 Å². The topological polar surface area (TPSA) is 79.1 Å². The molecule has 0 aliphatic heterocycles. The quantitative estimate of drug-likeness (QED) is 0.800. The summed E-state index contributed by atoms with van der Waals surface area (Å²) in [5, 5.41) is 6.31. The lowest BCUT2D eigenvalue weighted by atomic mass is 10.4. The zero-order valence-corrected chi connectivity index (χ0v) is 12.1. The van der Waals surface area contributed by atoms with Crippen molar-refractivity contribution in [2.24, 2.45) is 0 Å². The van der Waals surface area contributed by atoms with E-state index in [2.05, 4.69) is 32.5 Å². The second-order valence-corrected chi connectivity index (χ2v) is 4.54. The van der Waals surface area contributed by atoms with Crippen LogP contribution in [0.2, 0.25) is 0 Å². The predicted molar refractivity (Wildman–Crippen MR) is 79.0 cm³/mol. The molecule has 0 saturated heterocycles. The fraction of sp³-hybridized carbons (Fsp3) is 0.462. The van der Waals surface area contributed by atoms with Crippen LogP contribution in [-0.4, -0.2) is 35.6 Å². The molecular formula is C13H20N6O. The Labute approximate surface area is 118 Å². The Hall–Kier alpha value is -2.31. The van der Waals surface area contributed by atoms with Crippen LogP contribution in [0.15, 0.2) is 22.8 Å². The maximum atomic E-state index is 5.27. The first kappa shape index (κ1) is 14.1. The summed E-state index contributed by atoms with van der Waals surface area (Å²) < 4.78 is 5.27. The van der Waals surface area contributed by atoms with Crippen molar-refractivity contribution in [3.63, 3.8) is 0 Å².